The molecule has 0 radical (unpaired) electrons. The van der Waals surface area contributed by atoms with Crippen LogP contribution in [0.25, 0.3) is 5.69 Å². The van der Waals surface area contributed by atoms with Crippen LogP contribution in [0.4, 0.5) is 0 Å². The number of sulfonamides is 1. The van der Waals surface area contributed by atoms with Crippen LogP contribution in [0.5, 0.6) is 0 Å². The summed E-state index contributed by atoms with van der Waals surface area (Å²) in [6.07, 6.45) is 3.36. The van der Waals surface area contributed by atoms with Crippen LogP contribution >= 0.6 is 0 Å². The largest absolute Gasteiger partial charge is 0.351 e. The first-order valence-electron chi connectivity index (χ1n) is 10.3. The lowest BCUT2D eigenvalue weighted by atomic mass is 10.1. The van der Waals surface area contributed by atoms with Gasteiger partial charge < -0.3 is 0 Å². The van der Waals surface area contributed by atoms with Gasteiger partial charge in [0.25, 0.3) is 0 Å². The summed E-state index contributed by atoms with van der Waals surface area (Å²) in [6.45, 7) is 2.49. The van der Waals surface area contributed by atoms with Crippen LogP contribution in [-0.2, 0) is 16.4 Å². The van der Waals surface area contributed by atoms with Gasteiger partial charge in [-0.05, 0) is 56.0 Å². The number of fused-ring (bicyclic) bond motifs is 1. The Morgan fingerprint density at radius 1 is 1.00 bits per heavy atom. The van der Waals surface area contributed by atoms with Crippen molar-refractivity contribution >= 4 is 10.0 Å². The molecule has 0 saturated carbocycles. The van der Waals surface area contributed by atoms with Crippen LogP contribution in [0, 0.1) is 0 Å². The standard InChI is InChI=1S/C22H24N4O3S/c1-16-6-5-15-24(16)30(28,29)19-11-9-18(10-12-19)26-22(27)25-20(13-14-21(25)23-26)17-7-3-2-4-8-17/h2-4,7-12,16,20H,5-6,13-15H2,1H3/t16-,20+/m1/s1. The molecule has 0 aliphatic carbocycles. The van der Waals surface area contributed by atoms with Gasteiger partial charge >= 0.3 is 5.69 Å². The van der Waals surface area contributed by atoms with E-state index in [1.54, 1.807) is 33.1 Å². The number of benzene rings is 2. The van der Waals surface area contributed by atoms with E-state index >= 15 is 0 Å². The molecule has 2 aliphatic heterocycles. The highest BCUT2D eigenvalue weighted by molar-refractivity contribution is 7.89. The average Bonchev–Trinajstić information content (AvgIpc) is 3.46. The van der Waals surface area contributed by atoms with Gasteiger partial charge in [-0.1, -0.05) is 30.3 Å². The molecular formula is C22H24N4O3S. The van der Waals surface area contributed by atoms with Crippen molar-refractivity contribution in [2.24, 2.45) is 0 Å². The van der Waals surface area contributed by atoms with E-state index in [1.165, 1.54) is 4.68 Å². The molecule has 0 N–H and O–H groups in total. The summed E-state index contributed by atoms with van der Waals surface area (Å²) >= 11 is 0. The molecule has 0 unspecified atom stereocenters. The number of aryl methyl sites for hydroxylation is 1. The minimum Gasteiger partial charge on any atom is -0.271 e. The SMILES string of the molecule is C[C@@H]1CCCN1S(=O)(=O)c1ccc(-n2nc3n(c2=O)[C@H](c2ccccc2)CC3)cc1. The van der Waals surface area contributed by atoms with E-state index in [9.17, 15) is 13.2 Å². The zero-order valence-electron chi connectivity index (χ0n) is 16.8. The van der Waals surface area contributed by atoms with Crippen molar-refractivity contribution in [2.75, 3.05) is 6.54 Å². The van der Waals surface area contributed by atoms with Crippen molar-refractivity contribution in [3.8, 4) is 5.69 Å². The lowest BCUT2D eigenvalue weighted by molar-refractivity contribution is 0.408. The van der Waals surface area contributed by atoms with Gasteiger partial charge in [0, 0.05) is 19.0 Å². The summed E-state index contributed by atoms with van der Waals surface area (Å²) < 4.78 is 30.5. The number of hydrogen-bond donors (Lipinski definition) is 0. The van der Waals surface area contributed by atoms with Gasteiger partial charge in [0.1, 0.15) is 5.82 Å². The molecule has 8 heteroatoms. The molecule has 1 aromatic heterocycles. The fraction of sp³-hybridized carbons (Fsp3) is 0.364. The Labute approximate surface area is 175 Å². The lowest BCUT2D eigenvalue weighted by Crippen LogP contribution is -2.33. The zero-order valence-corrected chi connectivity index (χ0v) is 17.6. The van der Waals surface area contributed by atoms with E-state index in [2.05, 4.69) is 5.10 Å². The van der Waals surface area contributed by atoms with E-state index in [0.29, 0.717) is 12.2 Å². The molecule has 30 heavy (non-hydrogen) atoms. The molecule has 3 aromatic rings. The normalized spacial score (nSPS) is 21.8. The van der Waals surface area contributed by atoms with Crippen molar-refractivity contribution < 1.29 is 8.42 Å². The Balaban J connectivity index is 1.47. The molecular weight excluding hydrogens is 400 g/mol. The first kappa shape index (κ1) is 19.3. The number of rotatable bonds is 4. The van der Waals surface area contributed by atoms with Crippen LogP contribution in [0.15, 0.2) is 64.3 Å². The quantitative estimate of drug-likeness (QED) is 0.645. The van der Waals surface area contributed by atoms with E-state index in [-0.39, 0.29) is 22.7 Å². The van der Waals surface area contributed by atoms with Crippen LogP contribution in [0.3, 0.4) is 0 Å². The Hall–Kier alpha value is -2.71. The van der Waals surface area contributed by atoms with Crippen molar-refractivity contribution in [1.82, 2.24) is 18.7 Å². The monoisotopic (exact) mass is 424 g/mol. The zero-order chi connectivity index (χ0) is 20.9. The van der Waals surface area contributed by atoms with Crippen LogP contribution in [0.2, 0.25) is 0 Å². The maximum Gasteiger partial charge on any atom is 0.351 e. The predicted octanol–water partition coefficient (Wildman–Crippen LogP) is 2.74. The van der Waals surface area contributed by atoms with Gasteiger partial charge in [0.05, 0.1) is 16.6 Å². The summed E-state index contributed by atoms with van der Waals surface area (Å²) in [4.78, 5) is 13.4. The second-order valence-corrected chi connectivity index (χ2v) is 9.94. The molecule has 0 spiro atoms. The molecule has 2 aromatic carbocycles. The Morgan fingerprint density at radius 3 is 2.40 bits per heavy atom. The van der Waals surface area contributed by atoms with Gasteiger partial charge in [-0.3, -0.25) is 4.57 Å². The highest BCUT2D eigenvalue weighted by Crippen LogP contribution is 2.30. The smallest absolute Gasteiger partial charge is 0.271 e. The fourth-order valence-corrected chi connectivity index (χ4v) is 6.31. The second-order valence-electron chi connectivity index (χ2n) is 8.05. The van der Waals surface area contributed by atoms with Gasteiger partial charge in [-0.2, -0.15) is 8.99 Å². The highest BCUT2D eigenvalue weighted by atomic mass is 32.2. The summed E-state index contributed by atoms with van der Waals surface area (Å²) in [5, 5.41) is 4.52. The molecule has 7 nitrogen and oxygen atoms in total. The highest BCUT2D eigenvalue weighted by Gasteiger charge is 2.33. The van der Waals surface area contributed by atoms with Crippen LogP contribution in [0.1, 0.15) is 43.6 Å². The summed E-state index contributed by atoms with van der Waals surface area (Å²) in [5.41, 5.74) is 1.47. The van der Waals surface area contributed by atoms with Gasteiger partial charge in [-0.25, -0.2) is 13.2 Å². The van der Waals surface area contributed by atoms with Crippen molar-refractivity contribution in [3.63, 3.8) is 0 Å². The minimum absolute atomic E-state index is 0.0150. The first-order chi connectivity index (χ1) is 14.5. The minimum atomic E-state index is -3.52. The lowest BCUT2D eigenvalue weighted by Gasteiger charge is -2.20. The molecule has 2 aliphatic rings. The number of nitrogens with zero attached hydrogens (tertiary/aromatic N) is 4. The van der Waals surface area contributed by atoms with Crippen molar-refractivity contribution in [1.29, 1.82) is 0 Å². The van der Waals surface area contributed by atoms with E-state index in [4.69, 9.17) is 0 Å². The van der Waals surface area contributed by atoms with Crippen molar-refractivity contribution in [2.45, 2.75) is 49.6 Å². The molecule has 0 bridgehead atoms. The van der Waals surface area contributed by atoms with Gasteiger partial charge in [-0.15, -0.1) is 5.10 Å². The summed E-state index contributed by atoms with van der Waals surface area (Å²) in [5.74, 6) is 0.761. The molecule has 1 saturated heterocycles. The maximum atomic E-state index is 13.1. The third-order valence-corrected chi connectivity index (χ3v) is 8.23. The Kier molecular flexibility index (Phi) is 4.63. The third kappa shape index (κ3) is 3.02. The van der Waals surface area contributed by atoms with Crippen molar-refractivity contribution in [3.05, 3.63) is 76.5 Å². The van der Waals surface area contributed by atoms with E-state index < -0.39 is 10.0 Å². The average molecular weight is 425 g/mol. The van der Waals surface area contributed by atoms with Gasteiger partial charge in [0.15, 0.2) is 0 Å². The first-order valence-corrected chi connectivity index (χ1v) is 11.8. The van der Waals surface area contributed by atoms with Crippen LogP contribution < -0.4 is 5.69 Å². The molecule has 3 heterocycles. The molecule has 156 valence electrons. The molecule has 2 atom stereocenters. The second kappa shape index (κ2) is 7.21. The number of aromatic nitrogens is 3. The molecule has 0 amide bonds. The molecule has 5 rings (SSSR count). The molecule has 1 fully saturated rings. The Bertz CT molecular complexity index is 1230. The predicted molar refractivity (Wildman–Crippen MR) is 113 cm³/mol. The third-order valence-electron chi connectivity index (χ3n) is 6.20. The Morgan fingerprint density at radius 2 is 1.73 bits per heavy atom. The summed E-state index contributed by atoms with van der Waals surface area (Å²) in [6, 6.07) is 16.4. The maximum absolute atomic E-state index is 13.1. The topological polar surface area (TPSA) is 77.2 Å². The summed E-state index contributed by atoms with van der Waals surface area (Å²) in [7, 11) is -3.52. The number of hydrogen-bond acceptors (Lipinski definition) is 4. The van der Waals surface area contributed by atoms with E-state index in [1.807, 2.05) is 37.3 Å². The van der Waals surface area contributed by atoms with Gasteiger partial charge in [0.2, 0.25) is 10.0 Å². The van der Waals surface area contributed by atoms with E-state index in [0.717, 1.165) is 37.1 Å². The fourth-order valence-electron chi connectivity index (χ4n) is 4.62. The van der Waals surface area contributed by atoms with Crippen LogP contribution in [-0.4, -0.2) is 39.7 Å².